The minimum Gasteiger partial charge on any atom is -0.498 e. The average Bonchev–Trinajstić information content (AvgIpc) is 2.00. The molecule has 0 unspecified atom stereocenters. The van der Waals surface area contributed by atoms with Gasteiger partial charge < -0.3 is 5.11 Å². The molecule has 1 aromatic rings. The second-order valence-electron chi connectivity index (χ2n) is 2.06. The number of nitrogens with zero attached hydrogens (tertiary/aromatic N) is 3. The summed E-state index contributed by atoms with van der Waals surface area (Å²) < 4.78 is 0.808. The van der Waals surface area contributed by atoms with Gasteiger partial charge in [-0.05, 0) is 0 Å². The molecule has 7 nitrogen and oxygen atoms in total. The average molecular weight is 171 g/mol. The largest absolute Gasteiger partial charge is 0.498 e. The Balaban J connectivity index is 3.47. The number of rotatable bonds is 1. The maximum atomic E-state index is 10.8. The molecule has 1 N–H and O–H groups in total. The van der Waals surface area contributed by atoms with Crippen molar-refractivity contribution in [2.24, 2.45) is 7.05 Å². The van der Waals surface area contributed by atoms with E-state index >= 15 is 0 Å². The van der Waals surface area contributed by atoms with E-state index in [1.165, 1.54) is 7.05 Å². The predicted molar refractivity (Wildman–Crippen MR) is 37.8 cm³/mol. The number of aromatic hydroxyl groups is 1. The van der Waals surface area contributed by atoms with E-state index in [-0.39, 0.29) is 0 Å². The summed E-state index contributed by atoms with van der Waals surface area (Å²) in [6, 6.07) is 0. The number of aryl methyl sites for hydroxylation is 1. The molecule has 1 aromatic heterocycles. The van der Waals surface area contributed by atoms with E-state index in [2.05, 4.69) is 5.10 Å². The van der Waals surface area contributed by atoms with Crippen molar-refractivity contribution in [2.75, 3.05) is 0 Å². The summed E-state index contributed by atoms with van der Waals surface area (Å²) in [4.78, 5) is 20.1. The molecule has 0 saturated carbocycles. The van der Waals surface area contributed by atoms with Gasteiger partial charge in [-0.2, -0.15) is 5.10 Å². The van der Waals surface area contributed by atoms with Crippen molar-refractivity contribution >= 4 is 5.69 Å². The molecule has 0 aliphatic carbocycles. The first-order valence-electron chi connectivity index (χ1n) is 2.93. The fraction of sp³-hybridized carbons (Fsp3) is 0.200. The van der Waals surface area contributed by atoms with Crippen LogP contribution in [0.1, 0.15) is 0 Å². The van der Waals surface area contributed by atoms with Gasteiger partial charge in [-0.25, -0.2) is 4.68 Å². The SMILES string of the molecule is Cn1ncc([N+](=O)[O-])c(O)c1=O. The second-order valence-corrected chi connectivity index (χ2v) is 2.06. The highest BCUT2D eigenvalue weighted by Gasteiger charge is 2.17. The highest BCUT2D eigenvalue weighted by Crippen LogP contribution is 2.17. The lowest BCUT2D eigenvalue weighted by molar-refractivity contribution is -0.386. The van der Waals surface area contributed by atoms with E-state index in [4.69, 9.17) is 5.11 Å². The van der Waals surface area contributed by atoms with Crippen LogP contribution in [-0.4, -0.2) is 19.8 Å². The molecule has 7 heteroatoms. The molecule has 0 aliphatic rings. The van der Waals surface area contributed by atoms with Crippen LogP contribution < -0.4 is 5.56 Å². The molecule has 0 saturated heterocycles. The minimum atomic E-state index is -0.891. The van der Waals surface area contributed by atoms with Gasteiger partial charge >= 0.3 is 11.2 Å². The summed E-state index contributed by atoms with van der Waals surface area (Å²) in [7, 11) is 1.28. The maximum absolute atomic E-state index is 10.8. The van der Waals surface area contributed by atoms with Crippen LogP contribution in [0.4, 0.5) is 5.69 Å². The Kier molecular flexibility index (Phi) is 1.78. The molecule has 1 rings (SSSR count). The second kappa shape index (κ2) is 2.61. The third-order valence-electron chi connectivity index (χ3n) is 1.29. The van der Waals surface area contributed by atoms with E-state index in [1.807, 2.05) is 0 Å². The Morgan fingerprint density at radius 1 is 1.75 bits per heavy atom. The van der Waals surface area contributed by atoms with Crippen LogP contribution in [0.2, 0.25) is 0 Å². The molecule has 1 heterocycles. The van der Waals surface area contributed by atoms with Gasteiger partial charge in [0.15, 0.2) is 0 Å². The molecule has 0 aliphatic heterocycles. The van der Waals surface area contributed by atoms with Gasteiger partial charge in [0.25, 0.3) is 5.75 Å². The molecule has 0 bridgehead atoms. The molecular formula is C5H5N3O4. The minimum absolute atomic E-state index is 0.682. The molecule has 0 atom stereocenters. The molecule has 64 valence electrons. The molecule has 0 amide bonds. The van der Waals surface area contributed by atoms with Gasteiger partial charge in [0, 0.05) is 7.05 Å². The normalized spacial score (nSPS) is 9.75. The lowest BCUT2D eigenvalue weighted by Gasteiger charge is -1.96. The summed E-state index contributed by atoms with van der Waals surface area (Å²) in [5.41, 5.74) is -1.57. The molecule has 0 fully saturated rings. The maximum Gasteiger partial charge on any atom is 0.336 e. The van der Waals surface area contributed by atoms with Crippen molar-refractivity contribution in [3.8, 4) is 5.75 Å². The Morgan fingerprint density at radius 3 is 2.83 bits per heavy atom. The third kappa shape index (κ3) is 1.11. The van der Waals surface area contributed by atoms with E-state index in [0.717, 1.165) is 10.9 Å². The van der Waals surface area contributed by atoms with Gasteiger partial charge in [-0.1, -0.05) is 0 Å². The first kappa shape index (κ1) is 8.18. The van der Waals surface area contributed by atoms with Gasteiger partial charge in [-0.15, -0.1) is 0 Å². The Morgan fingerprint density at radius 2 is 2.33 bits per heavy atom. The molecule has 0 radical (unpaired) electrons. The van der Waals surface area contributed by atoms with Crippen LogP contribution >= 0.6 is 0 Å². The fourth-order valence-corrected chi connectivity index (χ4v) is 0.651. The first-order valence-corrected chi connectivity index (χ1v) is 2.93. The monoisotopic (exact) mass is 171 g/mol. The van der Waals surface area contributed by atoms with Crippen LogP contribution in [0.25, 0.3) is 0 Å². The summed E-state index contributed by atoms with van der Waals surface area (Å²) in [6.45, 7) is 0. The molecule has 12 heavy (non-hydrogen) atoms. The molecule has 0 aromatic carbocycles. The predicted octanol–water partition coefficient (Wildman–Crippen LogP) is -0.606. The van der Waals surface area contributed by atoms with Crippen molar-refractivity contribution in [3.63, 3.8) is 0 Å². The Labute approximate surface area is 66.0 Å². The van der Waals surface area contributed by atoms with Crippen molar-refractivity contribution in [1.29, 1.82) is 0 Å². The van der Waals surface area contributed by atoms with Crippen LogP contribution in [0.3, 0.4) is 0 Å². The number of nitro groups is 1. The first-order chi connectivity index (χ1) is 5.54. The van der Waals surface area contributed by atoms with Gasteiger partial charge in [0.05, 0.1) is 4.92 Å². The van der Waals surface area contributed by atoms with Crippen LogP contribution in [0.15, 0.2) is 11.0 Å². The topological polar surface area (TPSA) is 98.3 Å². The lowest BCUT2D eigenvalue weighted by atomic mass is 10.4. The zero-order valence-corrected chi connectivity index (χ0v) is 6.09. The zero-order valence-electron chi connectivity index (χ0n) is 6.09. The van der Waals surface area contributed by atoms with Gasteiger partial charge in [0.1, 0.15) is 6.20 Å². The highest BCUT2D eigenvalue weighted by molar-refractivity contribution is 5.39. The van der Waals surface area contributed by atoms with Crippen LogP contribution in [0.5, 0.6) is 5.75 Å². The van der Waals surface area contributed by atoms with Crippen LogP contribution in [-0.2, 0) is 7.05 Å². The van der Waals surface area contributed by atoms with Crippen molar-refractivity contribution in [2.45, 2.75) is 0 Å². The highest BCUT2D eigenvalue weighted by atomic mass is 16.6. The summed E-state index contributed by atoms with van der Waals surface area (Å²) in [5, 5.41) is 22.4. The smallest absolute Gasteiger partial charge is 0.336 e. The van der Waals surface area contributed by atoms with Gasteiger partial charge in [0.2, 0.25) is 0 Å². The van der Waals surface area contributed by atoms with Crippen molar-refractivity contribution < 1.29 is 10.0 Å². The number of aromatic nitrogens is 2. The number of hydrogen-bond acceptors (Lipinski definition) is 5. The van der Waals surface area contributed by atoms with Crippen molar-refractivity contribution in [1.82, 2.24) is 9.78 Å². The fourth-order valence-electron chi connectivity index (χ4n) is 0.651. The van der Waals surface area contributed by atoms with E-state index < -0.39 is 21.9 Å². The lowest BCUT2D eigenvalue weighted by Crippen LogP contribution is -2.19. The standard InChI is InChI=1S/C5H5N3O4/c1-7-5(10)4(9)3(2-6-7)8(11)12/h2,9H,1H3. The summed E-state index contributed by atoms with van der Waals surface area (Å²) in [6.07, 6.45) is 0.816. The van der Waals surface area contributed by atoms with Crippen molar-refractivity contribution in [3.05, 3.63) is 26.7 Å². The summed E-state index contributed by atoms with van der Waals surface area (Å²) >= 11 is 0. The third-order valence-corrected chi connectivity index (χ3v) is 1.29. The van der Waals surface area contributed by atoms with Gasteiger partial charge in [-0.3, -0.25) is 14.9 Å². The van der Waals surface area contributed by atoms with E-state index in [1.54, 1.807) is 0 Å². The van der Waals surface area contributed by atoms with E-state index in [0.29, 0.717) is 0 Å². The quantitative estimate of drug-likeness (QED) is 0.449. The Hall–Kier alpha value is -1.92. The zero-order chi connectivity index (χ0) is 9.30. The number of hydrogen-bond donors (Lipinski definition) is 1. The van der Waals surface area contributed by atoms with E-state index in [9.17, 15) is 14.9 Å². The van der Waals surface area contributed by atoms with Crippen LogP contribution in [0, 0.1) is 10.1 Å². The molecule has 0 spiro atoms. The summed E-state index contributed by atoms with van der Waals surface area (Å²) in [5.74, 6) is -0.891. The Bertz CT molecular complexity index is 383. The molecular weight excluding hydrogens is 166 g/mol.